The van der Waals surface area contributed by atoms with Crippen LogP contribution in [0.15, 0.2) is 6.20 Å². The lowest BCUT2D eigenvalue weighted by molar-refractivity contribution is 0.297. The van der Waals surface area contributed by atoms with E-state index in [2.05, 4.69) is 27.0 Å². The fourth-order valence-corrected chi connectivity index (χ4v) is 4.79. The molecule has 1 aromatic heterocycles. The van der Waals surface area contributed by atoms with E-state index in [0.717, 1.165) is 18.2 Å². The van der Waals surface area contributed by atoms with Crippen molar-refractivity contribution in [3.05, 3.63) is 23.3 Å². The molecule has 0 amide bonds. The van der Waals surface area contributed by atoms with Crippen LogP contribution in [0.2, 0.25) is 0 Å². The van der Waals surface area contributed by atoms with Crippen molar-refractivity contribution in [2.75, 3.05) is 0 Å². The van der Waals surface area contributed by atoms with Gasteiger partial charge in [0.2, 0.25) is 0 Å². The molecule has 1 fully saturated rings. The second-order valence-corrected chi connectivity index (χ2v) is 9.28. The van der Waals surface area contributed by atoms with Crippen molar-refractivity contribution in [1.29, 1.82) is 0 Å². The third-order valence-electron chi connectivity index (χ3n) is 6.83. The predicted octanol–water partition coefficient (Wildman–Crippen LogP) is 8.32. The molecule has 0 aromatic carbocycles. The Morgan fingerprint density at radius 1 is 0.786 bits per heavy atom. The highest BCUT2D eigenvalue weighted by Crippen LogP contribution is 2.36. The van der Waals surface area contributed by atoms with Gasteiger partial charge in [0.25, 0.3) is 0 Å². The minimum Gasteiger partial charge on any atom is -0.241 e. The van der Waals surface area contributed by atoms with Crippen LogP contribution in [0.5, 0.6) is 0 Å². The zero-order chi connectivity index (χ0) is 20.0. The number of hydrogen-bond donors (Lipinski definition) is 0. The quantitative estimate of drug-likeness (QED) is 0.300. The van der Waals surface area contributed by atoms with E-state index < -0.39 is 0 Å². The minimum absolute atomic E-state index is 0.610. The topological polar surface area (TPSA) is 25.8 Å². The molecule has 1 aliphatic carbocycles. The number of aromatic nitrogens is 2. The summed E-state index contributed by atoms with van der Waals surface area (Å²) in [6, 6.07) is 0. The third kappa shape index (κ3) is 8.62. The molecule has 0 aliphatic heterocycles. The first-order valence-corrected chi connectivity index (χ1v) is 12.6. The van der Waals surface area contributed by atoms with Gasteiger partial charge in [-0.3, -0.25) is 0 Å². The zero-order valence-corrected chi connectivity index (χ0v) is 19.1. The Bertz CT molecular complexity index is 517. The van der Waals surface area contributed by atoms with E-state index in [4.69, 9.17) is 9.97 Å². The molecule has 160 valence electrons. The molecule has 0 N–H and O–H groups in total. The van der Waals surface area contributed by atoms with Crippen molar-refractivity contribution in [3.8, 4) is 0 Å². The van der Waals surface area contributed by atoms with Gasteiger partial charge >= 0.3 is 0 Å². The molecule has 0 spiro atoms. The maximum absolute atomic E-state index is 4.93. The predicted molar refractivity (Wildman–Crippen MR) is 122 cm³/mol. The maximum atomic E-state index is 4.93. The van der Waals surface area contributed by atoms with Crippen molar-refractivity contribution >= 4 is 0 Å². The molecule has 2 heteroatoms. The molecule has 2 nitrogen and oxygen atoms in total. The van der Waals surface area contributed by atoms with Crippen molar-refractivity contribution < 1.29 is 0 Å². The van der Waals surface area contributed by atoms with Gasteiger partial charge in [-0.2, -0.15) is 0 Å². The number of aryl methyl sites for hydroxylation is 2. The SMILES string of the molecule is CCCCCCCCCCc1cnc([C@H]2CC[C@H](CCCCC)CC2)nc1C. The molecule has 1 saturated carbocycles. The van der Waals surface area contributed by atoms with E-state index in [0.29, 0.717) is 5.92 Å². The van der Waals surface area contributed by atoms with Crippen LogP contribution >= 0.6 is 0 Å². The van der Waals surface area contributed by atoms with Gasteiger partial charge in [0.15, 0.2) is 0 Å². The van der Waals surface area contributed by atoms with E-state index in [9.17, 15) is 0 Å². The molecule has 2 rings (SSSR count). The summed E-state index contributed by atoms with van der Waals surface area (Å²) in [7, 11) is 0. The van der Waals surface area contributed by atoms with E-state index in [1.54, 1.807) is 0 Å². The highest BCUT2D eigenvalue weighted by molar-refractivity contribution is 5.17. The summed E-state index contributed by atoms with van der Waals surface area (Å²) in [6.07, 6.45) is 25.3. The van der Waals surface area contributed by atoms with Crippen LogP contribution in [0, 0.1) is 12.8 Å². The van der Waals surface area contributed by atoms with Crippen LogP contribution in [-0.4, -0.2) is 9.97 Å². The van der Waals surface area contributed by atoms with E-state index in [1.165, 1.54) is 114 Å². The lowest BCUT2D eigenvalue weighted by atomic mass is 9.79. The molecule has 0 saturated heterocycles. The minimum atomic E-state index is 0.610. The Balaban J connectivity index is 1.66. The van der Waals surface area contributed by atoms with Gasteiger partial charge in [-0.25, -0.2) is 9.97 Å². The van der Waals surface area contributed by atoms with Gasteiger partial charge in [0.1, 0.15) is 5.82 Å². The first-order valence-electron chi connectivity index (χ1n) is 12.6. The highest BCUT2D eigenvalue weighted by Gasteiger charge is 2.24. The first kappa shape index (κ1) is 23.4. The fraction of sp³-hybridized carbons (Fsp3) is 0.846. The van der Waals surface area contributed by atoms with Crippen LogP contribution in [0.25, 0.3) is 0 Å². The summed E-state index contributed by atoms with van der Waals surface area (Å²) in [5, 5.41) is 0. The summed E-state index contributed by atoms with van der Waals surface area (Å²) < 4.78 is 0. The average Bonchev–Trinajstić information content (AvgIpc) is 2.72. The second kappa shape index (κ2) is 14.1. The number of hydrogen-bond acceptors (Lipinski definition) is 2. The Kier molecular flexibility index (Phi) is 11.8. The van der Waals surface area contributed by atoms with Crippen LogP contribution in [0.4, 0.5) is 0 Å². The van der Waals surface area contributed by atoms with Gasteiger partial charge in [-0.05, 0) is 56.9 Å². The monoisotopic (exact) mass is 386 g/mol. The summed E-state index contributed by atoms with van der Waals surface area (Å²) >= 11 is 0. The molecule has 0 radical (unpaired) electrons. The Morgan fingerprint density at radius 3 is 2.04 bits per heavy atom. The molecule has 0 bridgehead atoms. The van der Waals surface area contributed by atoms with Gasteiger partial charge in [-0.1, -0.05) is 84.5 Å². The molecule has 1 aromatic rings. The normalized spacial score (nSPS) is 19.8. The van der Waals surface area contributed by atoms with Gasteiger partial charge in [0.05, 0.1) is 0 Å². The molecule has 0 atom stereocenters. The molecule has 1 heterocycles. The van der Waals surface area contributed by atoms with E-state index in [1.807, 2.05) is 0 Å². The largest absolute Gasteiger partial charge is 0.241 e. The summed E-state index contributed by atoms with van der Waals surface area (Å²) in [5.74, 6) is 2.70. The molecule has 28 heavy (non-hydrogen) atoms. The van der Waals surface area contributed by atoms with Crippen LogP contribution in [0.1, 0.15) is 140 Å². The van der Waals surface area contributed by atoms with Crippen LogP contribution in [0.3, 0.4) is 0 Å². The van der Waals surface area contributed by atoms with Gasteiger partial charge in [-0.15, -0.1) is 0 Å². The number of unbranched alkanes of at least 4 members (excludes halogenated alkanes) is 9. The third-order valence-corrected chi connectivity index (χ3v) is 6.83. The van der Waals surface area contributed by atoms with E-state index in [-0.39, 0.29) is 0 Å². The average molecular weight is 387 g/mol. The maximum Gasteiger partial charge on any atom is 0.131 e. The van der Waals surface area contributed by atoms with Crippen molar-refractivity contribution in [1.82, 2.24) is 9.97 Å². The Morgan fingerprint density at radius 2 is 1.39 bits per heavy atom. The van der Waals surface area contributed by atoms with Crippen LogP contribution in [-0.2, 0) is 6.42 Å². The number of nitrogens with zero attached hydrogens (tertiary/aromatic N) is 2. The molecular formula is C26H46N2. The lowest BCUT2D eigenvalue weighted by Crippen LogP contribution is -2.16. The van der Waals surface area contributed by atoms with Crippen molar-refractivity contribution in [2.24, 2.45) is 5.92 Å². The number of rotatable bonds is 14. The smallest absolute Gasteiger partial charge is 0.131 e. The first-order chi connectivity index (χ1) is 13.7. The molecule has 1 aliphatic rings. The summed E-state index contributed by atoms with van der Waals surface area (Å²) in [4.78, 5) is 9.74. The van der Waals surface area contributed by atoms with Gasteiger partial charge < -0.3 is 0 Å². The zero-order valence-electron chi connectivity index (χ0n) is 19.1. The van der Waals surface area contributed by atoms with Crippen LogP contribution < -0.4 is 0 Å². The van der Waals surface area contributed by atoms with Crippen molar-refractivity contribution in [2.45, 2.75) is 136 Å². The van der Waals surface area contributed by atoms with Crippen molar-refractivity contribution in [3.63, 3.8) is 0 Å². The highest BCUT2D eigenvalue weighted by atomic mass is 14.9. The molecule has 0 unspecified atom stereocenters. The standard InChI is InChI=1S/C26H46N2/c1-4-6-8-9-10-11-12-14-16-25-21-27-26(28-22(25)3)24-19-17-23(18-20-24)15-13-7-5-2/h21,23-24H,4-20H2,1-3H3/t23-,24-. The summed E-state index contributed by atoms with van der Waals surface area (Å²) in [6.45, 7) is 6.78. The second-order valence-electron chi connectivity index (χ2n) is 9.28. The molecular weight excluding hydrogens is 340 g/mol. The summed E-state index contributed by atoms with van der Waals surface area (Å²) in [5.41, 5.74) is 2.61. The Hall–Kier alpha value is -0.920. The lowest BCUT2D eigenvalue weighted by Gasteiger charge is -2.28. The van der Waals surface area contributed by atoms with Gasteiger partial charge in [0, 0.05) is 17.8 Å². The fourth-order valence-electron chi connectivity index (χ4n) is 4.79. The Labute approximate surface area is 175 Å². The van der Waals surface area contributed by atoms with E-state index >= 15 is 0 Å².